The molecule has 172 valence electrons. The van der Waals surface area contributed by atoms with Crippen LogP contribution in [0.15, 0.2) is 36.8 Å². The minimum atomic E-state index is -0.326. The van der Waals surface area contributed by atoms with E-state index in [0.717, 1.165) is 41.5 Å². The highest BCUT2D eigenvalue weighted by Crippen LogP contribution is 2.44. The summed E-state index contributed by atoms with van der Waals surface area (Å²) in [5, 5.41) is 8.78. The Morgan fingerprint density at radius 2 is 2.18 bits per heavy atom. The molecular formula is C23H22FN9O. The van der Waals surface area contributed by atoms with Crippen LogP contribution < -0.4 is 20.7 Å². The number of halogens is 1. The number of hydrogen-bond acceptors (Lipinski definition) is 8. The maximum Gasteiger partial charge on any atom is 0.326 e. The summed E-state index contributed by atoms with van der Waals surface area (Å²) in [4.78, 5) is 19.4. The van der Waals surface area contributed by atoms with Gasteiger partial charge in [-0.05, 0) is 30.9 Å². The molecule has 3 atom stereocenters. The average Bonchev–Trinajstić information content (AvgIpc) is 3.60. The Morgan fingerprint density at radius 3 is 2.97 bits per heavy atom. The molecular weight excluding hydrogens is 437 g/mol. The van der Waals surface area contributed by atoms with Crippen LogP contribution in [0.5, 0.6) is 11.8 Å². The molecule has 1 aliphatic carbocycles. The summed E-state index contributed by atoms with van der Waals surface area (Å²) in [6, 6.07) is 5.47. The van der Waals surface area contributed by atoms with Crippen LogP contribution in [-0.2, 0) is 0 Å². The van der Waals surface area contributed by atoms with E-state index in [2.05, 4.69) is 30.3 Å². The number of H-pyrrole nitrogens is 1. The number of nitrogens with two attached hydrogens (primary N) is 1. The zero-order valence-corrected chi connectivity index (χ0v) is 18.4. The number of benzene rings is 1. The van der Waals surface area contributed by atoms with Crippen molar-refractivity contribution in [1.29, 1.82) is 0 Å². The molecule has 1 saturated heterocycles. The van der Waals surface area contributed by atoms with E-state index in [1.54, 1.807) is 36.2 Å². The van der Waals surface area contributed by atoms with Gasteiger partial charge in [0.2, 0.25) is 0 Å². The lowest BCUT2D eigenvalue weighted by Gasteiger charge is -2.31. The van der Waals surface area contributed by atoms with E-state index in [4.69, 9.17) is 15.5 Å². The van der Waals surface area contributed by atoms with E-state index >= 15 is 0 Å². The van der Waals surface area contributed by atoms with Gasteiger partial charge in [-0.2, -0.15) is 15.1 Å². The Labute approximate surface area is 192 Å². The van der Waals surface area contributed by atoms with Crippen LogP contribution >= 0.6 is 0 Å². The molecule has 4 aromatic heterocycles. The Bertz CT molecular complexity index is 1580. The summed E-state index contributed by atoms with van der Waals surface area (Å²) in [6.45, 7) is 0.805. The van der Waals surface area contributed by atoms with E-state index in [1.807, 2.05) is 0 Å². The molecule has 5 heterocycles. The first-order valence-electron chi connectivity index (χ1n) is 11.3. The molecule has 10 nitrogen and oxygen atoms in total. The molecule has 2 bridgehead atoms. The normalized spacial score (nSPS) is 21.9. The second-order valence-corrected chi connectivity index (χ2v) is 9.03. The number of nitrogens with one attached hydrogen (secondary N) is 2. The molecule has 0 radical (unpaired) electrons. The summed E-state index contributed by atoms with van der Waals surface area (Å²) in [5.74, 6) is 1.28. The fourth-order valence-corrected chi connectivity index (χ4v) is 5.48. The van der Waals surface area contributed by atoms with Crippen LogP contribution in [-0.4, -0.2) is 55.2 Å². The third-order valence-electron chi connectivity index (χ3n) is 7.06. The molecule has 7 rings (SSSR count). The first-order valence-corrected chi connectivity index (χ1v) is 11.3. The van der Waals surface area contributed by atoms with E-state index in [0.29, 0.717) is 28.6 Å². The topological polar surface area (TPSA) is 122 Å². The smallest absolute Gasteiger partial charge is 0.326 e. The van der Waals surface area contributed by atoms with Crippen molar-refractivity contribution in [2.75, 3.05) is 23.8 Å². The number of fused-ring (bicyclic) bond motifs is 6. The highest BCUT2D eigenvalue weighted by atomic mass is 19.1. The maximum atomic E-state index is 14.5. The number of rotatable bonds is 4. The van der Waals surface area contributed by atoms with Crippen molar-refractivity contribution in [3.8, 4) is 11.8 Å². The van der Waals surface area contributed by atoms with Crippen LogP contribution in [0, 0.1) is 11.7 Å². The molecule has 2 aliphatic rings. The van der Waals surface area contributed by atoms with Crippen molar-refractivity contribution in [2.45, 2.75) is 24.9 Å². The number of piperidine rings is 1. The quantitative estimate of drug-likeness (QED) is 0.375. The minimum absolute atomic E-state index is 0.181. The van der Waals surface area contributed by atoms with E-state index in [9.17, 15) is 4.39 Å². The van der Waals surface area contributed by atoms with Crippen molar-refractivity contribution < 1.29 is 9.13 Å². The molecule has 0 unspecified atom stereocenters. The van der Waals surface area contributed by atoms with Gasteiger partial charge in [0.15, 0.2) is 11.4 Å². The number of aromatic amines is 1. The van der Waals surface area contributed by atoms with Crippen LogP contribution in [0.2, 0.25) is 0 Å². The van der Waals surface area contributed by atoms with Crippen molar-refractivity contribution in [1.82, 2.24) is 29.5 Å². The van der Waals surface area contributed by atoms with Gasteiger partial charge in [0.1, 0.15) is 17.3 Å². The molecule has 34 heavy (non-hydrogen) atoms. The molecule has 1 saturated carbocycles. The fourth-order valence-electron chi connectivity index (χ4n) is 5.48. The van der Waals surface area contributed by atoms with Gasteiger partial charge in [-0.3, -0.25) is 0 Å². The van der Waals surface area contributed by atoms with Gasteiger partial charge in [0, 0.05) is 37.1 Å². The van der Waals surface area contributed by atoms with Crippen molar-refractivity contribution >= 4 is 39.1 Å². The summed E-state index contributed by atoms with van der Waals surface area (Å²) in [5.41, 5.74) is 9.02. The molecule has 0 spiro atoms. The Kier molecular flexibility index (Phi) is 4.01. The Hall–Kier alpha value is -3.99. The average molecular weight is 459 g/mol. The summed E-state index contributed by atoms with van der Waals surface area (Å²) < 4.78 is 22.2. The maximum absolute atomic E-state index is 14.5. The molecule has 11 heteroatoms. The van der Waals surface area contributed by atoms with Gasteiger partial charge in [0.05, 0.1) is 35.2 Å². The SMILES string of the molecule is CNc1cc(F)cc2c1[nH]c1nc(Oc3cnc4ccnn4c3)nc(N3C[C@H]4C[C@@H]3C[C@@H]4N)c12. The lowest BCUT2D eigenvalue weighted by Crippen LogP contribution is -2.41. The third-order valence-corrected chi connectivity index (χ3v) is 7.06. The molecule has 1 aromatic carbocycles. The first kappa shape index (κ1) is 19.5. The molecule has 5 aromatic rings. The molecule has 0 amide bonds. The predicted molar refractivity (Wildman–Crippen MR) is 126 cm³/mol. The third kappa shape index (κ3) is 2.83. The number of hydrogen-bond donors (Lipinski definition) is 3. The summed E-state index contributed by atoms with van der Waals surface area (Å²) >= 11 is 0. The zero-order valence-electron chi connectivity index (χ0n) is 18.4. The van der Waals surface area contributed by atoms with Crippen LogP contribution in [0.4, 0.5) is 15.9 Å². The second kappa shape index (κ2) is 7.00. The minimum Gasteiger partial charge on any atom is -0.421 e. The number of anilines is 2. The second-order valence-electron chi connectivity index (χ2n) is 9.03. The van der Waals surface area contributed by atoms with Crippen LogP contribution in [0.25, 0.3) is 27.6 Å². The Morgan fingerprint density at radius 1 is 1.26 bits per heavy atom. The van der Waals surface area contributed by atoms with E-state index in [-0.39, 0.29) is 23.9 Å². The zero-order chi connectivity index (χ0) is 23.0. The van der Waals surface area contributed by atoms with Crippen LogP contribution in [0.3, 0.4) is 0 Å². The van der Waals surface area contributed by atoms with Gasteiger partial charge in [-0.25, -0.2) is 13.9 Å². The Balaban J connectivity index is 1.41. The highest BCUT2D eigenvalue weighted by Gasteiger charge is 2.44. The summed E-state index contributed by atoms with van der Waals surface area (Å²) in [6.07, 6.45) is 6.95. The highest BCUT2D eigenvalue weighted by molar-refractivity contribution is 6.14. The first-order chi connectivity index (χ1) is 16.6. The van der Waals surface area contributed by atoms with Crippen molar-refractivity contribution in [3.05, 3.63) is 42.6 Å². The number of nitrogens with zero attached hydrogens (tertiary/aromatic N) is 6. The van der Waals surface area contributed by atoms with E-state index < -0.39 is 0 Å². The van der Waals surface area contributed by atoms with Gasteiger partial charge < -0.3 is 25.7 Å². The number of aromatic nitrogens is 6. The number of ether oxygens (including phenoxy) is 1. The largest absolute Gasteiger partial charge is 0.421 e. The van der Waals surface area contributed by atoms with Crippen molar-refractivity contribution in [3.63, 3.8) is 0 Å². The lowest BCUT2D eigenvalue weighted by atomic mass is 10.0. The standard InChI is InChI=1S/C23H22FN9O/c1-26-17-6-12(24)5-15-19-21(29-20(15)17)30-23(34-14-8-27-18-2-3-28-33(18)10-14)31-22(19)32-9-11-4-13(32)7-16(11)25/h2-3,5-6,8,10-11,13,16,26H,4,7,9,25H2,1H3,(H,29,30,31)/t11-,13-,16+/m1/s1. The lowest BCUT2D eigenvalue weighted by molar-refractivity contribution is 0.435. The predicted octanol–water partition coefficient (Wildman–Crippen LogP) is 3.05. The van der Waals surface area contributed by atoms with Gasteiger partial charge in [0.25, 0.3) is 0 Å². The van der Waals surface area contributed by atoms with E-state index in [1.165, 1.54) is 12.1 Å². The van der Waals surface area contributed by atoms with Gasteiger partial charge in [-0.1, -0.05) is 0 Å². The molecule has 1 aliphatic heterocycles. The monoisotopic (exact) mass is 459 g/mol. The molecule has 2 fully saturated rings. The summed E-state index contributed by atoms with van der Waals surface area (Å²) in [7, 11) is 1.76. The van der Waals surface area contributed by atoms with Gasteiger partial charge >= 0.3 is 6.01 Å². The van der Waals surface area contributed by atoms with Crippen molar-refractivity contribution in [2.24, 2.45) is 11.7 Å². The van der Waals surface area contributed by atoms with Crippen LogP contribution in [0.1, 0.15) is 12.8 Å². The molecule has 4 N–H and O–H groups in total. The fraction of sp³-hybridized carbons (Fsp3) is 0.304. The van der Waals surface area contributed by atoms with Gasteiger partial charge in [-0.15, -0.1) is 0 Å².